The summed E-state index contributed by atoms with van der Waals surface area (Å²) in [5.41, 5.74) is 4.00. The van der Waals surface area contributed by atoms with E-state index in [0.29, 0.717) is 35.4 Å². The van der Waals surface area contributed by atoms with Crippen molar-refractivity contribution in [2.45, 2.75) is 76.7 Å². The number of hydrogen-bond acceptors (Lipinski definition) is 11. The van der Waals surface area contributed by atoms with Crippen LogP contribution in [0.2, 0.25) is 0 Å². The van der Waals surface area contributed by atoms with E-state index >= 15 is 0 Å². The molecule has 6 N–H and O–H groups in total. The first kappa shape index (κ1) is 29.5. The topological polar surface area (TPSA) is 176 Å². The van der Waals surface area contributed by atoms with Gasteiger partial charge in [-0.1, -0.05) is 6.92 Å². The highest BCUT2D eigenvalue weighted by Crippen LogP contribution is 2.43. The maximum absolute atomic E-state index is 13.1. The molecule has 0 amide bonds. The normalized spacial score (nSPS) is 24.1. The van der Waals surface area contributed by atoms with E-state index in [9.17, 15) is 25.2 Å². The number of allylic oxidation sites excluding steroid dienone is 2. The maximum Gasteiger partial charge on any atom is 0.222 e. The average molecular weight is 574 g/mol. The van der Waals surface area contributed by atoms with Gasteiger partial charge < -0.3 is 34.7 Å². The molecule has 0 aliphatic carbocycles. The molecular weight excluding hydrogens is 536 g/mol. The van der Waals surface area contributed by atoms with Gasteiger partial charge >= 0.3 is 0 Å². The zero-order valence-corrected chi connectivity index (χ0v) is 23.5. The number of aliphatic hydroxyl groups excluding tert-OH is 5. The van der Waals surface area contributed by atoms with Crippen LogP contribution in [0.25, 0.3) is 11.0 Å². The Labute approximate surface area is 236 Å². The number of aliphatic imine (C=N–C) groups is 1. The molecule has 1 aromatic carbocycles. The molecule has 6 atom stereocenters. The third-order valence-electron chi connectivity index (χ3n) is 7.94. The highest BCUT2D eigenvalue weighted by Gasteiger charge is 2.45. The molecule has 0 saturated carbocycles. The quantitative estimate of drug-likeness (QED) is 0.164. The van der Waals surface area contributed by atoms with E-state index in [4.69, 9.17) is 24.0 Å². The fourth-order valence-corrected chi connectivity index (χ4v) is 5.63. The zero-order chi connectivity index (χ0) is 29.6. The Balaban J connectivity index is 1.46. The van der Waals surface area contributed by atoms with Gasteiger partial charge in [0.25, 0.3) is 0 Å². The minimum Gasteiger partial charge on any atom is -0.478 e. The number of ether oxygens (including phenoxy) is 1. The van der Waals surface area contributed by atoms with Crippen LogP contribution in [0, 0.1) is 6.92 Å². The fraction of sp³-hybridized carbons (Fsp3) is 0.517. The van der Waals surface area contributed by atoms with Gasteiger partial charge in [0.1, 0.15) is 66.4 Å². The summed E-state index contributed by atoms with van der Waals surface area (Å²) in [6, 6.07) is 3.21. The molecule has 2 aromatic rings. The number of fused-ring (bicyclic) bond motifs is 3. The van der Waals surface area contributed by atoms with Crippen molar-refractivity contribution >= 4 is 22.4 Å². The minimum absolute atomic E-state index is 0.172. The molecule has 41 heavy (non-hydrogen) atoms. The molecule has 0 bridgehead atoms. The molecule has 0 radical (unpaired) electrons. The number of benzene rings is 1. The Morgan fingerprint density at radius 3 is 2.61 bits per heavy atom. The van der Waals surface area contributed by atoms with Crippen molar-refractivity contribution in [3.63, 3.8) is 0 Å². The summed E-state index contributed by atoms with van der Waals surface area (Å²) in [5, 5.41) is 49.0. The third kappa shape index (κ3) is 5.38. The summed E-state index contributed by atoms with van der Waals surface area (Å²) in [7, 11) is 0. The third-order valence-corrected chi connectivity index (χ3v) is 7.94. The number of hydrogen-bond donors (Lipinski definition) is 6. The van der Waals surface area contributed by atoms with Crippen molar-refractivity contribution in [3.8, 4) is 5.75 Å². The van der Waals surface area contributed by atoms with Crippen LogP contribution in [0.4, 0.5) is 5.69 Å². The second-order valence-corrected chi connectivity index (χ2v) is 11.2. The molecule has 12 nitrogen and oxygen atoms in total. The lowest BCUT2D eigenvalue weighted by molar-refractivity contribution is -0.776. The number of nitrogens with one attached hydrogen (secondary N) is 1. The van der Waals surface area contributed by atoms with Crippen LogP contribution in [-0.4, -0.2) is 87.1 Å². The Hall–Kier alpha value is -2.94. The molecule has 0 fully saturated rings. The van der Waals surface area contributed by atoms with Crippen LogP contribution in [0.15, 0.2) is 49.9 Å². The second kappa shape index (κ2) is 11.4. The zero-order valence-electron chi connectivity index (χ0n) is 23.5. The molecular formula is C29H37N2O10+. The molecule has 6 unspecified atom stereocenters. The van der Waals surface area contributed by atoms with E-state index in [-0.39, 0.29) is 5.43 Å². The monoisotopic (exact) mass is 573 g/mol. The summed E-state index contributed by atoms with van der Waals surface area (Å²) in [6.45, 7) is 6.75. The minimum atomic E-state index is -1.78. The van der Waals surface area contributed by atoms with Crippen LogP contribution in [-0.2, 0) is 16.2 Å². The SMILES string of the molecule is CCC1=C2C=CN=C2C[NH+]1c1c2c(cc3c(=O)cc(C)oc13)CC(OOCC(O)C(O)C(O)C(O)CO)C(C)(C)O2. The maximum atomic E-state index is 13.1. The van der Waals surface area contributed by atoms with Gasteiger partial charge in [0, 0.05) is 30.7 Å². The molecule has 5 rings (SSSR count). The Morgan fingerprint density at radius 1 is 1.17 bits per heavy atom. The second-order valence-electron chi connectivity index (χ2n) is 11.2. The molecule has 1 aromatic heterocycles. The number of rotatable bonds is 10. The van der Waals surface area contributed by atoms with Crippen molar-refractivity contribution in [1.29, 1.82) is 0 Å². The summed E-state index contributed by atoms with van der Waals surface area (Å²) in [5.74, 6) is 1.09. The highest BCUT2D eigenvalue weighted by atomic mass is 17.2. The van der Waals surface area contributed by atoms with Crippen LogP contribution >= 0.6 is 0 Å². The predicted molar refractivity (Wildman–Crippen MR) is 147 cm³/mol. The number of nitrogens with zero attached hydrogens (tertiary/aromatic N) is 1. The Kier molecular flexibility index (Phi) is 8.21. The first-order valence-electron chi connectivity index (χ1n) is 13.7. The van der Waals surface area contributed by atoms with Crippen LogP contribution in [0.3, 0.4) is 0 Å². The van der Waals surface area contributed by atoms with Crippen LogP contribution in [0.5, 0.6) is 5.75 Å². The summed E-state index contributed by atoms with van der Waals surface area (Å²) in [6.07, 6.45) is -2.61. The van der Waals surface area contributed by atoms with Gasteiger partial charge in [0.05, 0.1) is 17.6 Å². The molecule has 3 aliphatic rings. The summed E-state index contributed by atoms with van der Waals surface area (Å²) >= 11 is 0. The lowest BCUT2D eigenvalue weighted by Gasteiger charge is -2.39. The van der Waals surface area contributed by atoms with E-state index in [0.717, 1.165) is 39.6 Å². The smallest absolute Gasteiger partial charge is 0.222 e. The van der Waals surface area contributed by atoms with Gasteiger partial charge in [-0.25, -0.2) is 9.78 Å². The van der Waals surface area contributed by atoms with Crippen molar-refractivity contribution in [2.24, 2.45) is 4.99 Å². The predicted octanol–water partition coefficient (Wildman–Crippen LogP) is -0.270. The number of aryl methyl sites for hydroxylation is 1. The number of aliphatic hydroxyl groups is 5. The van der Waals surface area contributed by atoms with Gasteiger partial charge in [-0.05, 0) is 32.9 Å². The first-order valence-corrected chi connectivity index (χ1v) is 13.7. The molecule has 4 heterocycles. The van der Waals surface area contributed by atoms with Crippen LogP contribution < -0.4 is 15.1 Å². The standard InChI is InChI=1S/C29H36N2O10/c1-5-19-16-6-7-30-18(16)11-31(19)24-27-15(9-17-20(33)8-14(2)39-28(17)24)10-23(29(3,4)40-27)41-38-13-22(35)26(37)25(36)21(34)12-32/h6-9,21-23,25-26,32,34-37H,5,10-13H2,1-4H3/p+1. The van der Waals surface area contributed by atoms with Gasteiger partial charge in [-0.3, -0.25) is 14.7 Å². The lowest BCUT2D eigenvalue weighted by atomic mass is 9.89. The molecule has 3 aliphatic heterocycles. The Morgan fingerprint density at radius 2 is 1.90 bits per heavy atom. The van der Waals surface area contributed by atoms with E-state index < -0.39 is 49.3 Å². The average Bonchev–Trinajstić information content (AvgIpc) is 3.52. The lowest BCUT2D eigenvalue weighted by Crippen LogP contribution is -3.04. The molecule has 222 valence electrons. The van der Waals surface area contributed by atoms with E-state index in [1.807, 2.05) is 19.9 Å². The van der Waals surface area contributed by atoms with Gasteiger partial charge in [-0.2, -0.15) is 0 Å². The summed E-state index contributed by atoms with van der Waals surface area (Å²) in [4.78, 5) is 29.6. The molecule has 12 heteroatoms. The van der Waals surface area contributed by atoms with Gasteiger partial charge in [0.15, 0.2) is 11.2 Å². The number of quaternary nitrogens is 1. The van der Waals surface area contributed by atoms with E-state index in [1.54, 1.807) is 19.2 Å². The first-order chi connectivity index (χ1) is 19.5. The largest absolute Gasteiger partial charge is 0.478 e. The van der Waals surface area contributed by atoms with Gasteiger partial charge in [0.2, 0.25) is 11.3 Å². The van der Waals surface area contributed by atoms with E-state index in [1.165, 1.54) is 6.07 Å². The van der Waals surface area contributed by atoms with Crippen LogP contribution in [0.1, 0.15) is 38.5 Å². The van der Waals surface area contributed by atoms with Crippen molar-refractivity contribution in [1.82, 2.24) is 0 Å². The molecule has 0 saturated heterocycles. The highest BCUT2D eigenvalue weighted by molar-refractivity contribution is 6.07. The van der Waals surface area contributed by atoms with E-state index in [2.05, 4.69) is 11.9 Å². The van der Waals surface area contributed by atoms with Crippen molar-refractivity contribution in [2.75, 3.05) is 19.8 Å². The van der Waals surface area contributed by atoms with Gasteiger partial charge in [-0.15, -0.1) is 0 Å². The van der Waals surface area contributed by atoms with Crippen molar-refractivity contribution < 1.29 is 49.4 Å². The fourth-order valence-electron chi connectivity index (χ4n) is 5.63. The van der Waals surface area contributed by atoms with Crippen molar-refractivity contribution in [3.05, 3.63) is 57.2 Å². The Bertz CT molecular complexity index is 1480. The summed E-state index contributed by atoms with van der Waals surface area (Å²) < 4.78 is 12.8. The molecule has 0 spiro atoms.